The number of carbonyl (C=O) groups is 4. The highest BCUT2D eigenvalue weighted by Gasteiger charge is 2.30. The predicted octanol–water partition coefficient (Wildman–Crippen LogP) is 25.2. The summed E-state index contributed by atoms with van der Waals surface area (Å²) in [6.07, 6.45) is 61.3. The third kappa shape index (κ3) is 76.6. The van der Waals surface area contributed by atoms with Gasteiger partial charge < -0.3 is 33.8 Å². The number of hydrogen-bond acceptors (Lipinski definition) is 15. The van der Waals surface area contributed by atoms with Crippen LogP contribution in [0.3, 0.4) is 0 Å². The molecular weight excluding hydrogens is 1340 g/mol. The molecule has 0 saturated heterocycles. The maximum Gasteiger partial charge on any atom is 0.472 e. The van der Waals surface area contributed by atoms with Crippen LogP contribution in [0.15, 0.2) is 0 Å². The van der Waals surface area contributed by atoms with Gasteiger partial charge >= 0.3 is 39.5 Å². The van der Waals surface area contributed by atoms with Crippen molar-refractivity contribution in [3.8, 4) is 0 Å². The summed E-state index contributed by atoms with van der Waals surface area (Å²) >= 11 is 0. The summed E-state index contributed by atoms with van der Waals surface area (Å²) in [7, 11) is -9.92. The molecule has 0 amide bonds. The number of esters is 4. The van der Waals surface area contributed by atoms with Gasteiger partial charge in [-0.25, -0.2) is 9.13 Å². The molecule has 0 saturated carbocycles. The molecule has 612 valence electrons. The van der Waals surface area contributed by atoms with Gasteiger partial charge in [0.05, 0.1) is 26.4 Å². The van der Waals surface area contributed by atoms with Crippen LogP contribution in [0.2, 0.25) is 0 Å². The van der Waals surface area contributed by atoms with Gasteiger partial charge in [0.2, 0.25) is 0 Å². The molecule has 0 aliphatic rings. The Kier molecular flexibility index (Phi) is 71.5. The summed E-state index contributed by atoms with van der Waals surface area (Å²) in [6, 6.07) is 0. The molecule has 0 radical (unpaired) electrons. The van der Waals surface area contributed by atoms with Crippen LogP contribution in [0, 0.1) is 23.7 Å². The molecule has 6 atom stereocenters. The normalized spacial score (nSPS) is 14.2. The van der Waals surface area contributed by atoms with Gasteiger partial charge in [0.1, 0.15) is 19.3 Å². The molecule has 0 aromatic heterocycles. The van der Waals surface area contributed by atoms with Crippen molar-refractivity contribution in [2.24, 2.45) is 23.7 Å². The number of unbranched alkanes of at least 4 members (excludes halogenated alkanes) is 46. The number of aliphatic hydroxyl groups is 1. The van der Waals surface area contributed by atoms with Crippen molar-refractivity contribution in [2.45, 2.75) is 453 Å². The van der Waals surface area contributed by atoms with Gasteiger partial charge in [-0.2, -0.15) is 0 Å². The molecule has 0 fully saturated rings. The Labute approximate surface area is 632 Å². The van der Waals surface area contributed by atoms with E-state index < -0.39 is 97.5 Å². The molecule has 0 bridgehead atoms. The van der Waals surface area contributed by atoms with Crippen molar-refractivity contribution in [2.75, 3.05) is 39.6 Å². The Balaban J connectivity index is 5.18. The maximum atomic E-state index is 13.1. The highest BCUT2D eigenvalue weighted by atomic mass is 31.2. The molecule has 0 aromatic carbocycles. The van der Waals surface area contributed by atoms with Gasteiger partial charge in [0.15, 0.2) is 12.2 Å². The third-order valence-electron chi connectivity index (χ3n) is 19.9. The standard InChI is InChI=1S/C84H164O17P2/c1-9-77(8)63-55-47-38-32-26-19-14-12-10-11-13-15-20-27-33-39-48-56-64-81(86)94-70-79(100-83(88)67-59-51-41-35-29-23-22-25-31-37-45-53-61-75(4)5)72-98-102(90,91)96-68-78(85)69-97-103(92,93)99-73-80(71-95-82(87)65-57-49-43-42-46-54-62-76(6)7)101-84(89)66-58-50-40-34-28-21-17-16-18-24-30-36-44-52-60-74(2)3/h74-80,85H,9-73H2,1-8H3,(H,90,91)(H,92,93)/t77?,78-,79-,80-/m1/s1. The highest BCUT2D eigenvalue weighted by Crippen LogP contribution is 2.45. The Bertz CT molecular complexity index is 2010. The lowest BCUT2D eigenvalue weighted by atomic mass is 9.99. The zero-order valence-electron chi connectivity index (χ0n) is 68.0. The number of aliphatic hydroxyl groups excluding tert-OH is 1. The molecule has 3 unspecified atom stereocenters. The zero-order valence-corrected chi connectivity index (χ0v) is 69.7. The van der Waals surface area contributed by atoms with Crippen LogP contribution in [0.5, 0.6) is 0 Å². The number of carbonyl (C=O) groups excluding carboxylic acids is 4. The minimum atomic E-state index is -4.96. The monoisotopic (exact) mass is 1510 g/mol. The van der Waals surface area contributed by atoms with Crippen LogP contribution >= 0.6 is 15.6 Å². The first-order valence-electron chi connectivity index (χ1n) is 43.2. The molecular formula is C84H164O17P2. The lowest BCUT2D eigenvalue weighted by Crippen LogP contribution is -2.30. The number of ether oxygens (including phenoxy) is 4. The topological polar surface area (TPSA) is 237 Å². The Hall–Kier alpha value is -1.94. The second-order valence-corrected chi connectivity index (χ2v) is 34.8. The molecule has 19 heteroatoms. The van der Waals surface area contributed by atoms with Gasteiger partial charge in [-0.1, -0.05) is 383 Å². The minimum Gasteiger partial charge on any atom is -0.462 e. The fourth-order valence-corrected chi connectivity index (χ4v) is 14.5. The van der Waals surface area contributed by atoms with E-state index in [0.717, 1.165) is 114 Å². The first-order chi connectivity index (χ1) is 49.6. The fourth-order valence-electron chi connectivity index (χ4n) is 12.9. The largest absolute Gasteiger partial charge is 0.472 e. The number of phosphoric ester groups is 2. The Morgan fingerprint density at radius 1 is 0.272 bits per heavy atom. The highest BCUT2D eigenvalue weighted by molar-refractivity contribution is 7.47. The van der Waals surface area contributed by atoms with Crippen LogP contribution in [-0.4, -0.2) is 96.7 Å². The molecule has 3 N–H and O–H groups in total. The first-order valence-corrected chi connectivity index (χ1v) is 46.2. The van der Waals surface area contributed by atoms with Gasteiger partial charge in [-0.3, -0.25) is 37.3 Å². The molecule has 0 heterocycles. The van der Waals surface area contributed by atoms with E-state index in [1.807, 2.05) is 0 Å². The van der Waals surface area contributed by atoms with E-state index in [2.05, 4.69) is 55.4 Å². The summed E-state index contributed by atoms with van der Waals surface area (Å²) in [6.45, 7) is 14.3. The van der Waals surface area contributed by atoms with E-state index in [1.54, 1.807) is 0 Å². The maximum absolute atomic E-state index is 13.1. The summed E-state index contributed by atoms with van der Waals surface area (Å²) in [4.78, 5) is 73.1. The second kappa shape index (κ2) is 72.9. The second-order valence-electron chi connectivity index (χ2n) is 31.9. The van der Waals surface area contributed by atoms with Crippen molar-refractivity contribution in [1.29, 1.82) is 0 Å². The van der Waals surface area contributed by atoms with E-state index in [9.17, 15) is 43.2 Å². The molecule has 103 heavy (non-hydrogen) atoms. The lowest BCUT2D eigenvalue weighted by Gasteiger charge is -2.21. The Morgan fingerprint density at radius 3 is 0.689 bits per heavy atom. The summed E-state index contributed by atoms with van der Waals surface area (Å²) in [5, 5.41) is 10.7. The number of rotatable bonds is 81. The van der Waals surface area contributed by atoms with Crippen LogP contribution in [0.25, 0.3) is 0 Å². The summed E-state index contributed by atoms with van der Waals surface area (Å²) in [5.74, 6) is 1.01. The SMILES string of the molecule is CCC(C)CCCCCCCCCCCCCCCCCCCCC(=O)OC[C@H](COP(=O)(O)OC[C@@H](O)COP(=O)(O)OC[C@@H](COC(=O)CCCCCCCCC(C)C)OC(=O)CCCCCCCCCCCCCCCCC(C)C)OC(=O)CCCCCCCCCCCCCCC(C)C. The zero-order chi connectivity index (χ0) is 76.0. The quantitative estimate of drug-likeness (QED) is 0.0222. The van der Waals surface area contributed by atoms with Crippen molar-refractivity contribution >= 4 is 39.5 Å². The van der Waals surface area contributed by atoms with Gasteiger partial charge in [0.25, 0.3) is 0 Å². The smallest absolute Gasteiger partial charge is 0.462 e. The fraction of sp³-hybridized carbons (Fsp3) is 0.952. The summed E-state index contributed by atoms with van der Waals surface area (Å²) in [5.41, 5.74) is 0. The number of hydrogen-bond donors (Lipinski definition) is 3. The van der Waals surface area contributed by atoms with Crippen molar-refractivity contribution < 1.29 is 80.2 Å². The minimum absolute atomic E-state index is 0.106. The number of phosphoric acid groups is 2. The molecule has 0 aromatic rings. The van der Waals surface area contributed by atoms with Crippen LogP contribution < -0.4 is 0 Å². The first kappa shape index (κ1) is 101. The van der Waals surface area contributed by atoms with Crippen molar-refractivity contribution in [3.63, 3.8) is 0 Å². The van der Waals surface area contributed by atoms with Crippen LogP contribution in [0.1, 0.15) is 434 Å². The lowest BCUT2D eigenvalue weighted by molar-refractivity contribution is -0.161. The van der Waals surface area contributed by atoms with E-state index in [1.165, 1.54) is 231 Å². The van der Waals surface area contributed by atoms with E-state index >= 15 is 0 Å². The van der Waals surface area contributed by atoms with Crippen LogP contribution in [0.4, 0.5) is 0 Å². The molecule has 0 aliphatic carbocycles. The van der Waals surface area contributed by atoms with Crippen molar-refractivity contribution in [1.82, 2.24) is 0 Å². The average molecular weight is 1510 g/mol. The van der Waals surface area contributed by atoms with Crippen molar-refractivity contribution in [3.05, 3.63) is 0 Å². The van der Waals surface area contributed by atoms with Gasteiger partial charge in [-0.05, 0) is 49.4 Å². The molecule has 0 rings (SSSR count). The van der Waals surface area contributed by atoms with E-state index in [0.29, 0.717) is 31.6 Å². The summed E-state index contributed by atoms with van der Waals surface area (Å²) < 4.78 is 68.8. The predicted molar refractivity (Wildman–Crippen MR) is 423 cm³/mol. The Morgan fingerprint density at radius 2 is 0.466 bits per heavy atom. The van der Waals surface area contributed by atoms with Gasteiger partial charge in [0, 0.05) is 25.7 Å². The van der Waals surface area contributed by atoms with Gasteiger partial charge in [-0.15, -0.1) is 0 Å². The average Bonchev–Trinajstić information content (AvgIpc) is 0.943. The molecule has 0 spiro atoms. The molecule has 0 aliphatic heterocycles. The van der Waals surface area contributed by atoms with E-state index in [4.69, 9.17) is 37.0 Å². The van der Waals surface area contributed by atoms with Crippen LogP contribution in [-0.2, 0) is 65.4 Å². The molecule has 17 nitrogen and oxygen atoms in total. The third-order valence-corrected chi connectivity index (χ3v) is 21.8. The van der Waals surface area contributed by atoms with E-state index in [-0.39, 0.29) is 25.7 Å².